The van der Waals surface area contributed by atoms with Crippen LogP contribution in [-0.2, 0) is 11.3 Å². The van der Waals surface area contributed by atoms with Crippen molar-refractivity contribution in [2.75, 3.05) is 25.5 Å². The lowest BCUT2D eigenvalue weighted by atomic mass is 10.2. The Hall–Kier alpha value is -2.80. The van der Waals surface area contributed by atoms with Gasteiger partial charge in [-0.3, -0.25) is 5.32 Å². The number of pyridine rings is 1. The number of likely N-dealkylation sites (N-methyl/N-ethyl adjacent to an activating group) is 1. The van der Waals surface area contributed by atoms with Gasteiger partial charge < -0.3 is 15.0 Å². The minimum Gasteiger partial charge on any atom is -0.447 e. The lowest BCUT2D eigenvalue weighted by molar-refractivity contribution is 0.146. The normalized spacial score (nSPS) is 10.1. The molecule has 0 fully saturated rings. The third-order valence-electron chi connectivity index (χ3n) is 3.54. The van der Waals surface area contributed by atoms with Gasteiger partial charge in [-0.25, -0.2) is 14.6 Å². The lowest BCUT2D eigenvalue weighted by Crippen LogP contribution is -2.39. The molecule has 1 aromatic heterocycles. The summed E-state index contributed by atoms with van der Waals surface area (Å²) < 4.78 is 5.05. The molecule has 138 valence electrons. The van der Waals surface area contributed by atoms with Crippen molar-refractivity contribution < 1.29 is 14.3 Å². The van der Waals surface area contributed by atoms with Crippen LogP contribution in [0.25, 0.3) is 0 Å². The highest BCUT2D eigenvalue weighted by atomic mass is 35.5. The maximum Gasteiger partial charge on any atom is 0.412 e. The summed E-state index contributed by atoms with van der Waals surface area (Å²) in [6.07, 6.45) is 1.03. The molecule has 0 atom stereocenters. The van der Waals surface area contributed by atoms with Gasteiger partial charge in [0, 0.05) is 24.8 Å². The largest absolute Gasteiger partial charge is 0.447 e. The van der Waals surface area contributed by atoms with Gasteiger partial charge in [0.05, 0.1) is 6.54 Å². The van der Waals surface area contributed by atoms with Gasteiger partial charge >= 0.3 is 12.1 Å². The fraction of sp³-hybridized carbons (Fsp3) is 0.278. The number of nitrogens with one attached hydrogen (secondary N) is 2. The van der Waals surface area contributed by atoms with Crippen LogP contribution in [0.3, 0.4) is 0 Å². The molecular weight excluding hydrogens is 356 g/mol. The van der Waals surface area contributed by atoms with E-state index in [0.29, 0.717) is 17.4 Å². The van der Waals surface area contributed by atoms with Gasteiger partial charge in [0.2, 0.25) is 0 Å². The third kappa shape index (κ3) is 6.25. The zero-order valence-corrected chi connectivity index (χ0v) is 15.4. The van der Waals surface area contributed by atoms with Crippen molar-refractivity contribution in [2.24, 2.45) is 0 Å². The number of urea groups is 1. The summed E-state index contributed by atoms with van der Waals surface area (Å²) in [5.74, 6) is 0.409. The molecule has 2 N–H and O–H groups in total. The summed E-state index contributed by atoms with van der Waals surface area (Å²) >= 11 is 6.05. The van der Waals surface area contributed by atoms with Crippen LogP contribution < -0.4 is 10.6 Å². The van der Waals surface area contributed by atoms with E-state index in [2.05, 4.69) is 15.6 Å². The molecule has 0 aliphatic heterocycles. The van der Waals surface area contributed by atoms with Crippen LogP contribution in [0.5, 0.6) is 0 Å². The van der Waals surface area contributed by atoms with E-state index in [1.165, 1.54) is 4.90 Å². The van der Waals surface area contributed by atoms with Crippen molar-refractivity contribution in [3.63, 3.8) is 0 Å². The number of anilines is 1. The molecule has 0 saturated heterocycles. The quantitative estimate of drug-likeness (QED) is 0.809. The van der Waals surface area contributed by atoms with Crippen molar-refractivity contribution in [1.82, 2.24) is 15.2 Å². The number of carbonyl (C=O) groups excluding carboxylic acids is 2. The van der Waals surface area contributed by atoms with E-state index in [1.54, 1.807) is 25.4 Å². The highest BCUT2D eigenvalue weighted by Crippen LogP contribution is 2.14. The Bertz CT molecular complexity index is 752. The van der Waals surface area contributed by atoms with E-state index in [-0.39, 0.29) is 19.2 Å². The summed E-state index contributed by atoms with van der Waals surface area (Å²) in [5.41, 5.74) is 1.82. The highest BCUT2D eigenvalue weighted by molar-refractivity contribution is 6.31. The van der Waals surface area contributed by atoms with E-state index in [1.807, 2.05) is 31.2 Å². The second-order valence-electron chi connectivity index (χ2n) is 5.65. The van der Waals surface area contributed by atoms with Gasteiger partial charge in [0.1, 0.15) is 12.4 Å². The molecule has 0 radical (unpaired) electrons. The number of hydrogen-bond acceptors (Lipinski definition) is 4. The standard InChI is InChI=1S/C18H21ClN4O3/c1-13-7-8-16(20-11-13)22-18(25)26-10-9-23(2)17(24)21-12-14-5-3-4-6-15(14)19/h3-8,11H,9-10,12H2,1-2H3,(H,21,24)(H,20,22,25). The van der Waals surface area contributed by atoms with E-state index < -0.39 is 6.09 Å². The lowest BCUT2D eigenvalue weighted by Gasteiger charge is -2.18. The number of halogens is 1. The summed E-state index contributed by atoms with van der Waals surface area (Å²) in [4.78, 5) is 29.2. The molecule has 26 heavy (non-hydrogen) atoms. The van der Waals surface area contributed by atoms with E-state index in [0.717, 1.165) is 11.1 Å². The maximum absolute atomic E-state index is 12.0. The number of nitrogens with zero attached hydrogens (tertiary/aromatic N) is 2. The third-order valence-corrected chi connectivity index (χ3v) is 3.90. The zero-order chi connectivity index (χ0) is 18.9. The SMILES string of the molecule is Cc1ccc(NC(=O)OCCN(C)C(=O)NCc2ccccc2Cl)nc1. The molecule has 2 rings (SSSR count). The minimum atomic E-state index is -0.619. The Morgan fingerprint density at radius 3 is 2.69 bits per heavy atom. The molecule has 1 heterocycles. The highest BCUT2D eigenvalue weighted by Gasteiger charge is 2.10. The second kappa shape index (κ2) is 9.62. The average Bonchev–Trinajstić information content (AvgIpc) is 2.62. The van der Waals surface area contributed by atoms with Gasteiger partial charge in [-0.1, -0.05) is 35.9 Å². The number of rotatable bonds is 6. The molecular formula is C18H21ClN4O3. The van der Waals surface area contributed by atoms with Crippen LogP contribution in [0, 0.1) is 6.92 Å². The predicted octanol–water partition coefficient (Wildman–Crippen LogP) is 3.43. The predicted molar refractivity (Wildman–Crippen MR) is 100 cm³/mol. The topological polar surface area (TPSA) is 83.6 Å². The molecule has 3 amide bonds. The summed E-state index contributed by atoms with van der Waals surface area (Å²) in [6.45, 7) is 2.54. The maximum atomic E-state index is 12.0. The van der Waals surface area contributed by atoms with Crippen LogP contribution in [0.4, 0.5) is 15.4 Å². The van der Waals surface area contributed by atoms with Gasteiger partial charge in [-0.15, -0.1) is 0 Å². The van der Waals surface area contributed by atoms with Gasteiger partial charge in [0.25, 0.3) is 0 Å². The summed E-state index contributed by atoms with van der Waals surface area (Å²) in [5, 5.41) is 5.88. The van der Waals surface area contributed by atoms with Crippen molar-refractivity contribution >= 4 is 29.5 Å². The van der Waals surface area contributed by atoms with Crippen molar-refractivity contribution in [2.45, 2.75) is 13.5 Å². The number of carbonyl (C=O) groups is 2. The Morgan fingerprint density at radius 2 is 2.00 bits per heavy atom. The van der Waals surface area contributed by atoms with E-state index in [4.69, 9.17) is 16.3 Å². The Labute approximate surface area is 157 Å². The van der Waals surface area contributed by atoms with Crippen molar-refractivity contribution in [3.05, 3.63) is 58.7 Å². The first kappa shape index (κ1) is 19.5. The smallest absolute Gasteiger partial charge is 0.412 e. The number of benzene rings is 1. The van der Waals surface area contributed by atoms with E-state index >= 15 is 0 Å². The first-order valence-electron chi connectivity index (χ1n) is 8.04. The molecule has 0 bridgehead atoms. The minimum absolute atomic E-state index is 0.0632. The van der Waals surface area contributed by atoms with Gasteiger partial charge in [-0.05, 0) is 30.2 Å². The van der Waals surface area contributed by atoms with Gasteiger partial charge in [0.15, 0.2) is 0 Å². The zero-order valence-electron chi connectivity index (χ0n) is 14.7. The van der Waals surface area contributed by atoms with Crippen molar-refractivity contribution in [1.29, 1.82) is 0 Å². The van der Waals surface area contributed by atoms with Crippen LogP contribution in [0.1, 0.15) is 11.1 Å². The molecule has 0 saturated carbocycles. The first-order valence-corrected chi connectivity index (χ1v) is 8.42. The number of hydrogen-bond donors (Lipinski definition) is 2. The molecule has 0 spiro atoms. The fourth-order valence-corrected chi connectivity index (χ4v) is 2.21. The number of amides is 3. The Kier molecular flexibility index (Phi) is 7.23. The van der Waals surface area contributed by atoms with Crippen LogP contribution in [-0.4, -0.2) is 42.2 Å². The van der Waals surface area contributed by atoms with Crippen LogP contribution >= 0.6 is 11.6 Å². The molecule has 2 aromatic rings. The first-order chi connectivity index (χ1) is 12.5. The average molecular weight is 377 g/mol. The molecule has 7 nitrogen and oxygen atoms in total. The fourth-order valence-electron chi connectivity index (χ4n) is 2.01. The Balaban J connectivity index is 1.68. The molecule has 0 unspecified atom stereocenters. The van der Waals surface area contributed by atoms with E-state index in [9.17, 15) is 9.59 Å². The molecule has 0 aliphatic rings. The number of ether oxygens (including phenoxy) is 1. The molecule has 0 aliphatic carbocycles. The van der Waals surface area contributed by atoms with Crippen LogP contribution in [0.2, 0.25) is 5.02 Å². The van der Waals surface area contributed by atoms with Crippen molar-refractivity contribution in [3.8, 4) is 0 Å². The second-order valence-corrected chi connectivity index (χ2v) is 6.06. The number of aryl methyl sites for hydroxylation is 1. The molecule has 1 aromatic carbocycles. The number of aromatic nitrogens is 1. The summed E-state index contributed by atoms with van der Waals surface area (Å²) in [6, 6.07) is 10.5. The van der Waals surface area contributed by atoms with Crippen LogP contribution in [0.15, 0.2) is 42.6 Å². The van der Waals surface area contributed by atoms with Gasteiger partial charge in [-0.2, -0.15) is 0 Å². The summed E-state index contributed by atoms with van der Waals surface area (Å²) in [7, 11) is 1.62. The monoisotopic (exact) mass is 376 g/mol. The Morgan fingerprint density at radius 1 is 1.23 bits per heavy atom. The molecule has 8 heteroatoms.